The van der Waals surface area contributed by atoms with Crippen molar-refractivity contribution < 1.29 is 24.1 Å². The molecule has 0 bridgehead atoms. The highest BCUT2D eigenvalue weighted by Crippen LogP contribution is 2.34. The highest BCUT2D eigenvalue weighted by atomic mass is 16.7. The highest BCUT2D eigenvalue weighted by molar-refractivity contribution is 5.45. The Morgan fingerprint density at radius 2 is 2.05 bits per heavy atom. The zero-order chi connectivity index (χ0) is 14.6. The maximum absolute atomic E-state index is 10.1. The normalized spacial score (nSPS) is 15.4. The van der Waals surface area contributed by atoms with Crippen molar-refractivity contribution in [2.75, 3.05) is 27.1 Å². The molecule has 20 heavy (non-hydrogen) atoms. The number of hydrogen-bond acceptors (Lipinski definition) is 5. The van der Waals surface area contributed by atoms with E-state index in [1.54, 1.807) is 19.2 Å². The van der Waals surface area contributed by atoms with E-state index in [0.29, 0.717) is 18.1 Å². The number of methoxy groups -OCH3 is 1. The van der Waals surface area contributed by atoms with Gasteiger partial charge in [0.1, 0.15) is 6.10 Å². The van der Waals surface area contributed by atoms with Crippen molar-refractivity contribution in [2.45, 2.75) is 32.0 Å². The quantitative estimate of drug-likeness (QED) is 0.778. The molecular weight excluding hydrogens is 260 g/mol. The Kier molecular flexibility index (Phi) is 4.86. The fourth-order valence-corrected chi connectivity index (χ4v) is 1.83. The second-order valence-corrected chi connectivity index (χ2v) is 5.42. The van der Waals surface area contributed by atoms with Crippen LogP contribution in [0.15, 0.2) is 18.2 Å². The van der Waals surface area contributed by atoms with Crippen LogP contribution >= 0.6 is 0 Å². The number of rotatable bonds is 7. The Morgan fingerprint density at radius 3 is 2.80 bits per heavy atom. The van der Waals surface area contributed by atoms with Gasteiger partial charge in [-0.1, -0.05) is 6.07 Å². The van der Waals surface area contributed by atoms with Crippen molar-refractivity contribution in [3.63, 3.8) is 0 Å². The minimum atomic E-state index is -0.671. The fourth-order valence-electron chi connectivity index (χ4n) is 1.83. The molecular formula is C15H22O5. The van der Waals surface area contributed by atoms with Gasteiger partial charge in [-0.15, -0.1) is 0 Å². The van der Waals surface area contributed by atoms with E-state index in [1.807, 2.05) is 19.9 Å². The van der Waals surface area contributed by atoms with Crippen molar-refractivity contribution in [1.82, 2.24) is 0 Å². The van der Waals surface area contributed by atoms with Crippen molar-refractivity contribution in [3.8, 4) is 11.5 Å². The van der Waals surface area contributed by atoms with Crippen molar-refractivity contribution >= 4 is 0 Å². The SMILES string of the molecule is COC(C)(C)CCOCC(O)c1ccc2c(c1)OCO2. The Balaban J connectivity index is 1.79. The number of aliphatic hydroxyl groups excluding tert-OH is 1. The summed E-state index contributed by atoms with van der Waals surface area (Å²) in [6, 6.07) is 5.41. The molecule has 0 spiro atoms. The van der Waals surface area contributed by atoms with Crippen molar-refractivity contribution in [1.29, 1.82) is 0 Å². The lowest BCUT2D eigenvalue weighted by molar-refractivity contribution is -0.0249. The van der Waals surface area contributed by atoms with Gasteiger partial charge in [0.25, 0.3) is 0 Å². The van der Waals surface area contributed by atoms with Crippen LogP contribution in [0.1, 0.15) is 31.9 Å². The Hall–Kier alpha value is -1.30. The lowest BCUT2D eigenvalue weighted by atomic mass is 10.1. The van der Waals surface area contributed by atoms with E-state index >= 15 is 0 Å². The summed E-state index contributed by atoms with van der Waals surface area (Å²) in [4.78, 5) is 0. The van der Waals surface area contributed by atoms with E-state index in [1.165, 1.54) is 0 Å². The van der Waals surface area contributed by atoms with Gasteiger partial charge in [-0.2, -0.15) is 0 Å². The predicted molar refractivity (Wildman–Crippen MR) is 74.0 cm³/mol. The van der Waals surface area contributed by atoms with Crippen LogP contribution in [-0.2, 0) is 9.47 Å². The molecule has 1 atom stereocenters. The first-order chi connectivity index (χ1) is 9.52. The summed E-state index contributed by atoms with van der Waals surface area (Å²) in [6.45, 7) is 5.04. The second-order valence-electron chi connectivity index (χ2n) is 5.42. The number of ether oxygens (including phenoxy) is 4. The van der Waals surface area contributed by atoms with Crippen LogP contribution in [-0.4, -0.2) is 37.8 Å². The second kappa shape index (κ2) is 6.43. The molecule has 0 aromatic heterocycles. The van der Waals surface area contributed by atoms with Crippen molar-refractivity contribution in [3.05, 3.63) is 23.8 Å². The topological polar surface area (TPSA) is 57.2 Å². The van der Waals surface area contributed by atoms with E-state index in [-0.39, 0.29) is 19.0 Å². The molecule has 2 rings (SSSR count). The van der Waals surface area contributed by atoms with Gasteiger partial charge in [0, 0.05) is 13.7 Å². The number of hydrogen-bond donors (Lipinski definition) is 1. The van der Waals surface area contributed by atoms with Gasteiger partial charge >= 0.3 is 0 Å². The molecule has 1 heterocycles. The minimum absolute atomic E-state index is 0.205. The van der Waals surface area contributed by atoms with Crippen LogP contribution in [0.5, 0.6) is 11.5 Å². The molecule has 1 aliphatic rings. The standard InChI is InChI=1S/C15H22O5/c1-15(2,17-3)6-7-18-9-12(16)11-4-5-13-14(8-11)20-10-19-13/h4-5,8,12,16H,6-7,9-10H2,1-3H3. The summed E-state index contributed by atoms with van der Waals surface area (Å²) in [5.74, 6) is 1.38. The molecule has 0 fully saturated rings. The minimum Gasteiger partial charge on any atom is -0.454 e. The number of benzene rings is 1. The molecule has 112 valence electrons. The highest BCUT2D eigenvalue weighted by Gasteiger charge is 2.18. The third-order valence-electron chi connectivity index (χ3n) is 3.46. The summed E-state index contributed by atoms with van der Waals surface area (Å²) in [5, 5.41) is 10.1. The average Bonchev–Trinajstić information content (AvgIpc) is 2.90. The van der Waals surface area contributed by atoms with Gasteiger partial charge in [0.15, 0.2) is 11.5 Å². The maximum Gasteiger partial charge on any atom is 0.231 e. The van der Waals surface area contributed by atoms with Gasteiger partial charge in [-0.25, -0.2) is 0 Å². The zero-order valence-corrected chi connectivity index (χ0v) is 12.2. The largest absolute Gasteiger partial charge is 0.454 e. The smallest absolute Gasteiger partial charge is 0.231 e. The molecule has 0 radical (unpaired) electrons. The van der Waals surface area contributed by atoms with Gasteiger partial charge in [-0.05, 0) is 38.0 Å². The van der Waals surface area contributed by atoms with Gasteiger partial charge in [0.2, 0.25) is 6.79 Å². The first-order valence-corrected chi connectivity index (χ1v) is 6.72. The van der Waals surface area contributed by atoms with E-state index in [2.05, 4.69) is 0 Å². The van der Waals surface area contributed by atoms with Gasteiger partial charge < -0.3 is 24.1 Å². The monoisotopic (exact) mass is 282 g/mol. The molecule has 1 aromatic carbocycles. The van der Waals surface area contributed by atoms with Crippen LogP contribution in [0.3, 0.4) is 0 Å². The van der Waals surface area contributed by atoms with Gasteiger partial charge in [-0.3, -0.25) is 0 Å². The van der Waals surface area contributed by atoms with E-state index in [4.69, 9.17) is 18.9 Å². The van der Waals surface area contributed by atoms with E-state index < -0.39 is 6.10 Å². The molecule has 1 aromatic rings. The number of aliphatic hydroxyl groups is 1. The Bertz CT molecular complexity index is 444. The van der Waals surface area contributed by atoms with Crippen molar-refractivity contribution in [2.24, 2.45) is 0 Å². The first kappa shape index (κ1) is 15.1. The van der Waals surface area contributed by atoms with Crippen LogP contribution in [0.4, 0.5) is 0 Å². The first-order valence-electron chi connectivity index (χ1n) is 6.72. The summed E-state index contributed by atoms with van der Waals surface area (Å²) < 4.78 is 21.3. The number of fused-ring (bicyclic) bond motifs is 1. The van der Waals surface area contributed by atoms with Crippen LogP contribution in [0.25, 0.3) is 0 Å². The van der Waals surface area contributed by atoms with E-state index in [0.717, 1.165) is 12.0 Å². The molecule has 5 heteroatoms. The van der Waals surface area contributed by atoms with Crippen LogP contribution in [0, 0.1) is 0 Å². The maximum atomic E-state index is 10.1. The molecule has 1 aliphatic heterocycles. The zero-order valence-electron chi connectivity index (χ0n) is 12.2. The predicted octanol–water partition coefficient (Wildman–Crippen LogP) is 2.28. The molecule has 0 aliphatic carbocycles. The molecule has 0 amide bonds. The third-order valence-corrected chi connectivity index (χ3v) is 3.46. The Morgan fingerprint density at radius 1 is 1.30 bits per heavy atom. The molecule has 1 unspecified atom stereocenters. The van der Waals surface area contributed by atoms with Crippen LogP contribution < -0.4 is 9.47 Å². The molecule has 0 saturated carbocycles. The molecule has 0 saturated heterocycles. The summed E-state index contributed by atoms with van der Waals surface area (Å²) >= 11 is 0. The fraction of sp³-hybridized carbons (Fsp3) is 0.600. The van der Waals surface area contributed by atoms with E-state index in [9.17, 15) is 5.11 Å². The van der Waals surface area contributed by atoms with Gasteiger partial charge in [0.05, 0.1) is 12.2 Å². The lowest BCUT2D eigenvalue weighted by Crippen LogP contribution is -2.25. The average molecular weight is 282 g/mol. The van der Waals surface area contributed by atoms with Crippen LogP contribution in [0.2, 0.25) is 0 Å². The molecule has 1 N–H and O–H groups in total. The lowest BCUT2D eigenvalue weighted by Gasteiger charge is -2.22. The Labute approximate surface area is 119 Å². The summed E-state index contributed by atoms with van der Waals surface area (Å²) in [7, 11) is 1.68. The molecule has 5 nitrogen and oxygen atoms in total. The summed E-state index contributed by atoms with van der Waals surface area (Å²) in [6.07, 6.45) is 0.104. The third kappa shape index (κ3) is 3.85. The summed E-state index contributed by atoms with van der Waals surface area (Å²) in [5.41, 5.74) is 0.559.